The maximum Gasteiger partial charge on any atom is 0.243 e. The van der Waals surface area contributed by atoms with Gasteiger partial charge in [0.05, 0.1) is 10.6 Å². The lowest BCUT2D eigenvalue weighted by Crippen LogP contribution is -2.28. The van der Waals surface area contributed by atoms with Gasteiger partial charge >= 0.3 is 0 Å². The van der Waals surface area contributed by atoms with Crippen molar-refractivity contribution in [2.45, 2.75) is 30.6 Å². The van der Waals surface area contributed by atoms with Crippen molar-refractivity contribution in [1.29, 1.82) is 0 Å². The van der Waals surface area contributed by atoms with Crippen LogP contribution < -0.4 is 5.32 Å². The van der Waals surface area contributed by atoms with Gasteiger partial charge in [0, 0.05) is 18.8 Å². The number of rotatable bonds is 9. The zero-order valence-corrected chi connectivity index (χ0v) is 17.5. The fourth-order valence-corrected chi connectivity index (χ4v) is 5.51. The molecule has 1 heterocycles. The molecule has 0 spiro atoms. The molecule has 0 radical (unpaired) electrons. The molecule has 1 aliphatic rings. The number of nitrogens with one attached hydrogen (secondary N) is 1. The molecule has 2 aromatic carbocycles. The van der Waals surface area contributed by atoms with Crippen molar-refractivity contribution in [2.24, 2.45) is 0 Å². The molecular formula is C21H26N2O3S2. The minimum Gasteiger partial charge on any atom is -0.325 e. The molecule has 0 unspecified atom stereocenters. The summed E-state index contributed by atoms with van der Waals surface area (Å²) in [6.07, 6.45) is 3.83. The van der Waals surface area contributed by atoms with Crippen molar-refractivity contribution in [2.75, 3.05) is 29.9 Å². The molecule has 0 bridgehead atoms. The molecule has 0 saturated carbocycles. The van der Waals surface area contributed by atoms with Crippen molar-refractivity contribution in [3.05, 3.63) is 60.2 Å². The highest BCUT2D eigenvalue weighted by molar-refractivity contribution is 7.99. The number of hydrogen-bond donors (Lipinski definition) is 1. The number of carbonyl (C=O) groups is 1. The summed E-state index contributed by atoms with van der Waals surface area (Å²) in [6, 6.07) is 16.8. The number of carbonyl (C=O) groups excluding carboxylic acids is 1. The molecule has 3 rings (SSSR count). The fourth-order valence-electron chi connectivity index (χ4n) is 3.20. The van der Waals surface area contributed by atoms with E-state index in [1.165, 1.54) is 9.87 Å². The third-order valence-electron chi connectivity index (χ3n) is 4.65. The minimum atomic E-state index is -3.47. The highest BCUT2D eigenvalue weighted by Crippen LogP contribution is 2.23. The predicted octanol–water partition coefficient (Wildman–Crippen LogP) is 3.78. The van der Waals surface area contributed by atoms with Crippen LogP contribution in [0.1, 0.15) is 24.8 Å². The van der Waals surface area contributed by atoms with Crippen molar-refractivity contribution >= 4 is 33.4 Å². The van der Waals surface area contributed by atoms with E-state index in [4.69, 9.17) is 0 Å². The first-order valence-electron chi connectivity index (χ1n) is 9.57. The van der Waals surface area contributed by atoms with Gasteiger partial charge in [-0.25, -0.2) is 8.42 Å². The highest BCUT2D eigenvalue weighted by Gasteiger charge is 2.27. The molecule has 0 aromatic heterocycles. The standard InChI is InChI=1S/C21H26N2O3S2/c24-21(17-27-15-7-10-18-8-2-1-3-9-18)22-19-11-6-12-20(16-19)28(25,26)23-13-4-5-14-23/h1-3,6,8-9,11-12,16H,4-5,7,10,13-15,17H2,(H,22,24). The Hall–Kier alpha value is -1.83. The van der Waals surface area contributed by atoms with E-state index in [9.17, 15) is 13.2 Å². The molecule has 28 heavy (non-hydrogen) atoms. The fraction of sp³-hybridized carbons (Fsp3) is 0.381. The summed E-state index contributed by atoms with van der Waals surface area (Å²) in [5, 5.41) is 2.81. The smallest absolute Gasteiger partial charge is 0.243 e. The Bertz CT molecular complexity index is 880. The van der Waals surface area contributed by atoms with E-state index < -0.39 is 10.0 Å². The lowest BCUT2D eigenvalue weighted by molar-refractivity contribution is -0.113. The van der Waals surface area contributed by atoms with E-state index in [0.717, 1.165) is 31.4 Å². The summed E-state index contributed by atoms with van der Waals surface area (Å²) in [7, 11) is -3.47. The average molecular weight is 419 g/mol. The second-order valence-corrected chi connectivity index (χ2v) is 9.87. The Morgan fingerprint density at radius 1 is 1.04 bits per heavy atom. The lowest BCUT2D eigenvalue weighted by atomic mass is 10.1. The Kier molecular flexibility index (Phi) is 7.53. The van der Waals surface area contributed by atoms with Crippen LogP contribution in [0.5, 0.6) is 0 Å². The van der Waals surface area contributed by atoms with Gasteiger partial charge in [0.15, 0.2) is 0 Å². The van der Waals surface area contributed by atoms with Crippen molar-refractivity contribution in [1.82, 2.24) is 4.31 Å². The van der Waals surface area contributed by atoms with Crippen LogP contribution >= 0.6 is 11.8 Å². The SMILES string of the molecule is O=C(CSCCCc1ccccc1)Nc1cccc(S(=O)(=O)N2CCCC2)c1. The van der Waals surface area contributed by atoms with Crippen molar-refractivity contribution < 1.29 is 13.2 Å². The number of anilines is 1. The van der Waals surface area contributed by atoms with Crippen LogP contribution in [-0.2, 0) is 21.2 Å². The Balaban J connectivity index is 1.45. The first kappa shape index (κ1) is 20.9. The molecule has 0 atom stereocenters. The molecule has 5 nitrogen and oxygen atoms in total. The monoisotopic (exact) mass is 418 g/mol. The van der Waals surface area contributed by atoms with Gasteiger partial charge < -0.3 is 5.32 Å². The summed E-state index contributed by atoms with van der Waals surface area (Å²) in [5.41, 5.74) is 1.83. The van der Waals surface area contributed by atoms with Crippen LogP contribution in [0.3, 0.4) is 0 Å². The van der Waals surface area contributed by atoms with Crippen LogP contribution in [0, 0.1) is 0 Å². The second kappa shape index (κ2) is 10.1. The molecule has 150 valence electrons. The van der Waals surface area contributed by atoms with E-state index in [1.54, 1.807) is 36.0 Å². The Morgan fingerprint density at radius 3 is 2.54 bits per heavy atom. The predicted molar refractivity (Wildman–Crippen MR) is 115 cm³/mol. The van der Waals surface area contributed by atoms with Gasteiger partial charge in [0.25, 0.3) is 0 Å². The van der Waals surface area contributed by atoms with Gasteiger partial charge in [-0.05, 0) is 55.2 Å². The number of hydrogen-bond acceptors (Lipinski definition) is 4. The topological polar surface area (TPSA) is 66.5 Å². The molecule has 0 aliphatic carbocycles. The number of sulfonamides is 1. The van der Waals surface area contributed by atoms with Gasteiger partial charge in [-0.2, -0.15) is 16.1 Å². The maximum atomic E-state index is 12.6. The highest BCUT2D eigenvalue weighted by atomic mass is 32.2. The van der Waals surface area contributed by atoms with E-state index in [2.05, 4.69) is 17.4 Å². The molecule has 1 fully saturated rings. The largest absolute Gasteiger partial charge is 0.325 e. The first-order chi connectivity index (χ1) is 13.6. The summed E-state index contributed by atoms with van der Waals surface area (Å²) in [4.78, 5) is 12.4. The summed E-state index contributed by atoms with van der Waals surface area (Å²) in [6.45, 7) is 1.14. The average Bonchev–Trinajstić information content (AvgIpc) is 3.24. The third kappa shape index (κ3) is 5.83. The molecule has 1 N–H and O–H groups in total. The quantitative estimate of drug-likeness (QED) is 0.630. The normalized spacial score (nSPS) is 14.9. The zero-order valence-electron chi connectivity index (χ0n) is 15.8. The van der Waals surface area contributed by atoms with Gasteiger partial charge in [-0.15, -0.1) is 0 Å². The molecule has 1 saturated heterocycles. The van der Waals surface area contributed by atoms with Crippen LogP contribution in [0.4, 0.5) is 5.69 Å². The van der Waals surface area contributed by atoms with Crippen LogP contribution in [0.25, 0.3) is 0 Å². The minimum absolute atomic E-state index is 0.111. The number of benzene rings is 2. The summed E-state index contributed by atoms with van der Waals surface area (Å²) in [5.74, 6) is 1.16. The van der Waals surface area contributed by atoms with Gasteiger partial charge in [0.1, 0.15) is 0 Å². The molecule has 7 heteroatoms. The second-order valence-electron chi connectivity index (χ2n) is 6.83. The number of aryl methyl sites for hydroxylation is 1. The van der Waals surface area contributed by atoms with Crippen molar-refractivity contribution in [3.8, 4) is 0 Å². The van der Waals surface area contributed by atoms with E-state index >= 15 is 0 Å². The van der Waals surface area contributed by atoms with Crippen LogP contribution in [0.15, 0.2) is 59.5 Å². The van der Waals surface area contributed by atoms with E-state index in [0.29, 0.717) is 24.5 Å². The first-order valence-corrected chi connectivity index (χ1v) is 12.2. The van der Waals surface area contributed by atoms with E-state index in [1.807, 2.05) is 18.2 Å². The van der Waals surface area contributed by atoms with Crippen LogP contribution in [0.2, 0.25) is 0 Å². The summed E-state index contributed by atoms with van der Waals surface area (Å²) < 4.78 is 26.8. The number of amides is 1. The third-order valence-corrected chi connectivity index (χ3v) is 7.59. The lowest BCUT2D eigenvalue weighted by Gasteiger charge is -2.16. The number of thioether (sulfide) groups is 1. The summed E-state index contributed by atoms with van der Waals surface area (Å²) >= 11 is 1.59. The number of nitrogens with zero attached hydrogens (tertiary/aromatic N) is 1. The Morgan fingerprint density at radius 2 is 1.79 bits per heavy atom. The molecule has 2 aromatic rings. The van der Waals surface area contributed by atoms with Crippen molar-refractivity contribution in [3.63, 3.8) is 0 Å². The molecule has 1 amide bonds. The van der Waals surface area contributed by atoms with Gasteiger partial charge in [0.2, 0.25) is 15.9 Å². The molecule has 1 aliphatic heterocycles. The Labute approximate surface area is 171 Å². The zero-order chi connectivity index (χ0) is 19.8. The van der Waals surface area contributed by atoms with Crippen LogP contribution in [-0.4, -0.2) is 43.2 Å². The van der Waals surface area contributed by atoms with Gasteiger partial charge in [-0.1, -0.05) is 36.4 Å². The maximum absolute atomic E-state index is 12.6. The van der Waals surface area contributed by atoms with Gasteiger partial charge in [-0.3, -0.25) is 4.79 Å². The molecular weight excluding hydrogens is 392 g/mol. The van der Waals surface area contributed by atoms with E-state index in [-0.39, 0.29) is 10.8 Å².